The molecule has 0 radical (unpaired) electrons. The van der Waals surface area contributed by atoms with Gasteiger partial charge in [0, 0.05) is 0 Å². The van der Waals surface area contributed by atoms with Crippen LogP contribution in [0.2, 0.25) is 28.4 Å². The third-order valence-corrected chi connectivity index (χ3v) is 19.2. The van der Waals surface area contributed by atoms with Crippen molar-refractivity contribution in [3.05, 3.63) is 41.5 Å². The van der Waals surface area contributed by atoms with E-state index in [0.29, 0.717) is 3.63 Å². The fourth-order valence-corrected chi connectivity index (χ4v) is 18.4. The molecule has 1 aromatic rings. The van der Waals surface area contributed by atoms with Gasteiger partial charge in [0.1, 0.15) is 0 Å². The predicted molar refractivity (Wildman–Crippen MR) is 123 cm³/mol. The Morgan fingerprint density at radius 2 is 1.73 bits per heavy atom. The maximum atomic E-state index is 6.24. The molecule has 0 saturated carbocycles. The monoisotopic (exact) mass is 495 g/mol. The average Bonchev–Trinajstić information content (AvgIpc) is 2.79. The van der Waals surface area contributed by atoms with Crippen molar-refractivity contribution in [1.29, 1.82) is 0 Å². The van der Waals surface area contributed by atoms with Crippen LogP contribution in [-0.4, -0.2) is 24.7 Å². The van der Waals surface area contributed by atoms with Crippen molar-refractivity contribution in [3.63, 3.8) is 0 Å². The van der Waals surface area contributed by atoms with E-state index < -0.39 is 26.9 Å². The molecule has 1 aliphatic rings. The van der Waals surface area contributed by atoms with E-state index in [9.17, 15) is 0 Å². The van der Waals surface area contributed by atoms with E-state index in [4.69, 9.17) is 8.64 Å². The van der Waals surface area contributed by atoms with Gasteiger partial charge in [-0.25, -0.2) is 0 Å². The quantitative estimate of drug-likeness (QED) is 0.463. The summed E-state index contributed by atoms with van der Waals surface area (Å²) in [6, 6.07) is 8.78. The molecule has 2 rings (SSSR count). The van der Waals surface area contributed by atoms with Crippen molar-refractivity contribution in [3.8, 4) is 0 Å². The maximum absolute atomic E-state index is 6.24. The van der Waals surface area contributed by atoms with Crippen molar-refractivity contribution in [1.82, 2.24) is 3.26 Å². The van der Waals surface area contributed by atoms with E-state index in [1.807, 2.05) is 0 Å². The Morgan fingerprint density at radius 3 is 2.27 bits per heavy atom. The van der Waals surface area contributed by atoms with Crippen molar-refractivity contribution < 1.29 is 23.0 Å². The summed E-state index contributed by atoms with van der Waals surface area (Å²) in [7, 11) is -1.50. The van der Waals surface area contributed by atoms with Crippen LogP contribution in [0.1, 0.15) is 35.5 Å². The number of rotatable bonds is 6. The normalized spacial score (nSPS) is 17.3. The molecule has 1 unspecified atom stereocenters. The van der Waals surface area contributed by atoms with Crippen LogP contribution in [-0.2, 0) is 23.0 Å². The van der Waals surface area contributed by atoms with Crippen LogP contribution in [0, 0.1) is 0 Å². The van der Waals surface area contributed by atoms with Crippen molar-refractivity contribution in [2.24, 2.45) is 0 Å². The molecule has 0 aromatic heterocycles. The van der Waals surface area contributed by atoms with Gasteiger partial charge in [-0.2, -0.15) is 0 Å². The molecule has 0 amide bonds. The molecule has 0 bridgehead atoms. The molecule has 0 fully saturated rings. The second kappa shape index (κ2) is 8.84. The molecular formula is C20H37Cl2NOSiZr. The average molecular weight is 498 g/mol. The van der Waals surface area contributed by atoms with Gasteiger partial charge in [-0.3, -0.25) is 0 Å². The van der Waals surface area contributed by atoms with E-state index in [0.717, 1.165) is 10.7 Å². The van der Waals surface area contributed by atoms with E-state index in [2.05, 4.69) is 84.7 Å². The number of nitrogens with one attached hydrogen (secondary N) is 1. The standard InChI is InChI=1S/C9H7.C5H13OSi.C4H10N.CH3.CH2.2ClH.Zr/c1-2-5-9-7-3-6-8(9)4-1;1-5-6-7(2,3)4;1-4(2,3)5;;;;;/h1-7H;1,5H2,2-4H3;5H,1-3H3;1H3;1H2;2*1H;/q;;-1;;;;;+1. The molecule has 150 valence electrons. The van der Waals surface area contributed by atoms with Crippen molar-refractivity contribution >= 4 is 43.4 Å². The summed E-state index contributed by atoms with van der Waals surface area (Å²) in [6.45, 7) is 14.4. The number of benzene rings is 1. The van der Waals surface area contributed by atoms with Crippen LogP contribution in [0.4, 0.5) is 0 Å². The third-order valence-electron chi connectivity index (χ3n) is 4.79. The summed E-state index contributed by atoms with van der Waals surface area (Å²) in [5.41, 5.74) is 2.87. The van der Waals surface area contributed by atoms with Crippen LogP contribution in [0.15, 0.2) is 30.3 Å². The molecule has 2 nitrogen and oxygen atoms in total. The molecule has 0 aliphatic heterocycles. The molecule has 1 aliphatic carbocycles. The summed E-state index contributed by atoms with van der Waals surface area (Å²) in [5, 5.41) is 0. The Hall–Kier alpha value is 0.430. The summed E-state index contributed by atoms with van der Waals surface area (Å²) < 4.78 is 19.3. The fraction of sp³-hybridized carbons (Fsp3) is 0.550. The first-order valence-electron chi connectivity index (χ1n) is 9.06. The van der Waals surface area contributed by atoms with Crippen molar-refractivity contribution in [2.75, 3.05) is 6.61 Å². The Morgan fingerprint density at radius 1 is 1.15 bits per heavy atom. The van der Waals surface area contributed by atoms with Gasteiger partial charge in [-0.1, -0.05) is 0 Å². The molecule has 1 aromatic carbocycles. The van der Waals surface area contributed by atoms with Gasteiger partial charge in [0.25, 0.3) is 0 Å². The minimum absolute atomic E-state index is 0. The van der Waals surface area contributed by atoms with E-state index in [1.54, 1.807) is 0 Å². The first-order valence-corrected chi connectivity index (χ1v) is 21.1. The molecule has 0 saturated heterocycles. The van der Waals surface area contributed by atoms with E-state index in [-0.39, 0.29) is 30.4 Å². The zero-order chi connectivity index (χ0) is 18.3. The van der Waals surface area contributed by atoms with Crippen LogP contribution < -0.4 is 3.26 Å². The van der Waals surface area contributed by atoms with Gasteiger partial charge < -0.3 is 0 Å². The van der Waals surface area contributed by atoms with Gasteiger partial charge in [0.05, 0.1) is 0 Å². The zero-order valence-electron chi connectivity index (χ0n) is 17.4. The Balaban J connectivity index is 0.00000312. The third kappa shape index (κ3) is 6.79. The second-order valence-electron chi connectivity index (χ2n) is 9.95. The summed E-state index contributed by atoms with van der Waals surface area (Å²) >= 11 is -3.55. The Labute approximate surface area is 175 Å². The number of fused-ring (bicyclic) bond motifs is 1. The van der Waals surface area contributed by atoms with Gasteiger partial charge in [-0.15, -0.1) is 24.8 Å². The molecule has 1 atom stereocenters. The molecule has 0 spiro atoms. The first-order chi connectivity index (χ1) is 10.8. The number of hydrogen-bond acceptors (Lipinski definition) is 2. The summed E-state index contributed by atoms with van der Waals surface area (Å²) in [6.07, 6.45) is 4.68. The number of hydrogen-bond donors (Lipinski definition) is 1. The fourth-order valence-electron chi connectivity index (χ4n) is 4.04. The zero-order valence-corrected chi connectivity index (χ0v) is 22.5. The Bertz CT molecular complexity index is 706. The van der Waals surface area contributed by atoms with Crippen LogP contribution in [0.25, 0.3) is 6.08 Å². The molecule has 1 N–H and O–H groups in total. The first kappa shape index (κ1) is 26.4. The van der Waals surface area contributed by atoms with Crippen LogP contribution in [0.3, 0.4) is 0 Å². The van der Waals surface area contributed by atoms with Gasteiger partial charge in [0.15, 0.2) is 0 Å². The van der Waals surface area contributed by atoms with Crippen molar-refractivity contribution in [2.45, 2.75) is 58.3 Å². The van der Waals surface area contributed by atoms with Crippen LogP contribution in [0.5, 0.6) is 0 Å². The SMILES string of the molecule is Cl.Cl.[CH2]=[Zr]([CH3])([CH2]CO[Si](C)(C)C)([NH]C(C)(C)C)[CH]1C=Cc2ccccc21. The van der Waals surface area contributed by atoms with E-state index >= 15 is 0 Å². The van der Waals surface area contributed by atoms with Gasteiger partial charge >= 0.3 is 151 Å². The van der Waals surface area contributed by atoms with Gasteiger partial charge in [0.2, 0.25) is 0 Å². The molecule has 0 heterocycles. The topological polar surface area (TPSA) is 21.3 Å². The molecule has 26 heavy (non-hydrogen) atoms. The number of allylic oxidation sites excluding steroid dienone is 1. The predicted octanol–water partition coefficient (Wildman–Crippen LogP) is 6.34. The summed E-state index contributed by atoms with van der Waals surface area (Å²) in [5.74, 6) is 0. The summed E-state index contributed by atoms with van der Waals surface area (Å²) in [4.78, 5) is 0. The van der Waals surface area contributed by atoms with Crippen LogP contribution >= 0.6 is 24.8 Å². The molecule has 6 heteroatoms. The van der Waals surface area contributed by atoms with E-state index in [1.165, 1.54) is 11.1 Å². The Kier molecular flexibility index (Phi) is 8.99. The molecular weight excluding hydrogens is 460 g/mol. The second-order valence-corrected chi connectivity index (χ2v) is 29.6. The minimum atomic E-state index is -3.55. The van der Waals surface area contributed by atoms with Gasteiger partial charge in [-0.05, 0) is 0 Å². The number of halogens is 2.